The number of allylic oxidation sites excluding steroid dienone is 2. The van der Waals surface area contributed by atoms with Crippen molar-refractivity contribution in [1.29, 1.82) is 0 Å². The topological polar surface area (TPSA) is 32.9 Å². The van der Waals surface area contributed by atoms with Gasteiger partial charge in [0.05, 0.1) is 0 Å². The Bertz CT molecular complexity index is 412. The third-order valence-electron chi connectivity index (χ3n) is 2.48. The molecule has 1 N–H and O–H groups in total. The van der Waals surface area contributed by atoms with Gasteiger partial charge in [-0.15, -0.1) is 0 Å². The lowest BCUT2D eigenvalue weighted by atomic mass is 9.98. The molecule has 2 rings (SSSR count). The van der Waals surface area contributed by atoms with Gasteiger partial charge in [0.2, 0.25) is 0 Å². The van der Waals surface area contributed by atoms with Gasteiger partial charge in [0.15, 0.2) is 5.43 Å². The first kappa shape index (κ1) is 8.30. The summed E-state index contributed by atoms with van der Waals surface area (Å²) in [7, 11) is 0. The molecule has 0 bridgehead atoms. The molecule has 0 saturated heterocycles. The van der Waals surface area contributed by atoms with E-state index < -0.39 is 0 Å². The number of hydrogen-bond donors (Lipinski definition) is 1. The Morgan fingerprint density at radius 2 is 2.23 bits per heavy atom. The standard InChI is InChI=1S/C11H13NO/c1-7(2)8-3-4-9-11(8)10(13)5-6-12-9/h3,5-7H,4H2,1-2H3,(H,12,13). The average Bonchev–Trinajstić information content (AvgIpc) is 2.49. The number of nitrogens with one attached hydrogen (secondary N) is 1. The molecular formula is C11H13NO. The Kier molecular flexibility index (Phi) is 1.83. The van der Waals surface area contributed by atoms with Crippen molar-refractivity contribution in [3.8, 4) is 0 Å². The number of pyridine rings is 1. The molecule has 0 radical (unpaired) electrons. The monoisotopic (exact) mass is 175 g/mol. The SMILES string of the molecule is CC(C)C1=CCc2[nH]ccc(=O)c21. The highest BCUT2D eigenvalue weighted by atomic mass is 16.1. The molecule has 0 fully saturated rings. The molecule has 1 aliphatic carbocycles. The Morgan fingerprint density at radius 1 is 1.46 bits per heavy atom. The summed E-state index contributed by atoms with van der Waals surface area (Å²) in [4.78, 5) is 14.7. The summed E-state index contributed by atoms with van der Waals surface area (Å²) in [5, 5.41) is 0. The van der Waals surface area contributed by atoms with Gasteiger partial charge in [-0.1, -0.05) is 19.9 Å². The highest BCUT2D eigenvalue weighted by molar-refractivity contribution is 5.72. The van der Waals surface area contributed by atoms with Crippen LogP contribution in [0.1, 0.15) is 25.1 Å². The van der Waals surface area contributed by atoms with Crippen LogP contribution in [0, 0.1) is 5.92 Å². The zero-order chi connectivity index (χ0) is 9.42. The predicted octanol–water partition coefficient (Wildman–Crippen LogP) is 1.97. The van der Waals surface area contributed by atoms with E-state index in [1.807, 2.05) is 0 Å². The molecule has 0 spiro atoms. The maximum Gasteiger partial charge on any atom is 0.189 e. The van der Waals surface area contributed by atoms with Crippen molar-refractivity contribution in [3.05, 3.63) is 39.8 Å². The molecule has 0 saturated carbocycles. The minimum Gasteiger partial charge on any atom is -0.364 e. The summed E-state index contributed by atoms with van der Waals surface area (Å²) >= 11 is 0. The third-order valence-corrected chi connectivity index (χ3v) is 2.48. The molecule has 0 unspecified atom stereocenters. The summed E-state index contributed by atoms with van der Waals surface area (Å²) < 4.78 is 0. The third kappa shape index (κ3) is 1.22. The van der Waals surface area contributed by atoms with Crippen LogP contribution in [-0.4, -0.2) is 4.98 Å². The van der Waals surface area contributed by atoms with Crippen molar-refractivity contribution in [2.75, 3.05) is 0 Å². The number of hydrogen-bond acceptors (Lipinski definition) is 1. The highest BCUT2D eigenvalue weighted by Crippen LogP contribution is 2.28. The quantitative estimate of drug-likeness (QED) is 0.695. The summed E-state index contributed by atoms with van der Waals surface area (Å²) in [6.07, 6.45) is 4.74. The number of fused-ring (bicyclic) bond motifs is 1. The zero-order valence-corrected chi connectivity index (χ0v) is 7.92. The smallest absolute Gasteiger partial charge is 0.189 e. The van der Waals surface area contributed by atoms with Crippen molar-refractivity contribution < 1.29 is 0 Å². The molecule has 1 aliphatic rings. The number of rotatable bonds is 1. The number of aromatic amines is 1. The van der Waals surface area contributed by atoms with Crippen LogP contribution in [0.15, 0.2) is 23.1 Å². The van der Waals surface area contributed by atoms with Crippen LogP contribution in [0.2, 0.25) is 0 Å². The fourth-order valence-electron chi connectivity index (χ4n) is 1.84. The second-order valence-electron chi connectivity index (χ2n) is 3.71. The zero-order valence-electron chi connectivity index (χ0n) is 7.92. The van der Waals surface area contributed by atoms with Crippen molar-refractivity contribution in [2.45, 2.75) is 20.3 Å². The normalized spacial score (nSPS) is 14.5. The lowest BCUT2D eigenvalue weighted by Crippen LogP contribution is -2.10. The second-order valence-corrected chi connectivity index (χ2v) is 3.71. The van der Waals surface area contributed by atoms with E-state index in [2.05, 4.69) is 24.9 Å². The molecule has 0 aliphatic heterocycles. The number of aromatic nitrogens is 1. The lowest BCUT2D eigenvalue weighted by molar-refractivity contribution is 0.855. The van der Waals surface area contributed by atoms with Gasteiger partial charge in [-0.05, 0) is 11.5 Å². The molecule has 13 heavy (non-hydrogen) atoms. The average molecular weight is 175 g/mol. The van der Waals surface area contributed by atoms with E-state index in [-0.39, 0.29) is 5.43 Å². The van der Waals surface area contributed by atoms with Crippen molar-refractivity contribution in [1.82, 2.24) is 4.98 Å². The van der Waals surface area contributed by atoms with E-state index in [1.165, 1.54) is 5.57 Å². The van der Waals surface area contributed by atoms with Gasteiger partial charge < -0.3 is 4.98 Å². The molecule has 1 aromatic rings. The van der Waals surface area contributed by atoms with Crippen LogP contribution in [0.5, 0.6) is 0 Å². The molecule has 1 aromatic heterocycles. The van der Waals surface area contributed by atoms with E-state index in [1.54, 1.807) is 12.3 Å². The van der Waals surface area contributed by atoms with Crippen LogP contribution in [0.3, 0.4) is 0 Å². The van der Waals surface area contributed by atoms with Gasteiger partial charge in [-0.2, -0.15) is 0 Å². The van der Waals surface area contributed by atoms with Gasteiger partial charge in [0.25, 0.3) is 0 Å². The summed E-state index contributed by atoms with van der Waals surface area (Å²) in [5.74, 6) is 0.435. The Balaban J connectivity index is 2.61. The molecule has 2 nitrogen and oxygen atoms in total. The minimum atomic E-state index is 0.145. The van der Waals surface area contributed by atoms with E-state index in [9.17, 15) is 4.79 Å². The fourth-order valence-corrected chi connectivity index (χ4v) is 1.84. The van der Waals surface area contributed by atoms with E-state index in [0.717, 1.165) is 17.7 Å². The maximum atomic E-state index is 11.6. The van der Waals surface area contributed by atoms with E-state index >= 15 is 0 Å². The first-order valence-corrected chi connectivity index (χ1v) is 4.61. The van der Waals surface area contributed by atoms with Crippen molar-refractivity contribution >= 4 is 5.57 Å². The minimum absolute atomic E-state index is 0.145. The first-order chi connectivity index (χ1) is 6.20. The van der Waals surface area contributed by atoms with Gasteiger partial charge >= 0.3 is 0 Å². The molecule has 0 amide bonds. The predicted molar refractivity (Wildman–Crippen MR) is 53.6 cm³/mol. The van der Waals surface area contributed by atoms with Crippen LogP contribution in [-0.2, 0) is 6.42 Å². The highest BCUT2D eigenvalue weighted by Gasteiger charge is 2.19. The second kappa shape index (κ2) is 2.87. The Morgan fingerprint density at radius 3 is 2.92 bits per heavy atom. The summed E-state index contributed by atoms with van der Waals surface area (Å²) in [6.45, 7) is 4.24. The van der Waals surface area contributed by atoms with Crippen LogP contribution in [0.4, 0.5) is 0 Å². The Hall–Kier alpha value is -1.31. The molecule has 2 heteroatoms. The summed E-state index contributed by atoms with van der Waals surface area (Å²) in [5.41, 5.74) is 3.30. The van der Waals surface area contributed by atoms with E-state index in [0.29, 0.717) is 5.92 Å². The van der Waals surface area contributed by atoms with E-state index in [4.69, 9.17) is 0 Å². The van der Waals surface area contributed by atoms with Gasteiger partial charge in [-0.25, -0.2) is 0 Å². The van der Waals surface area contributed by atoms with Crippen LogP contribution >= 0.6 is 0 Å². The molecule has 1 heterocycles. The van der Waals surface area contributed by atoms with Crippen LogP contribution < -0.4 is 5.43 Å². The van der Waals surface area contributed by atoms with Crippen molar-refractivity contribution in [2.24, 2.45) is 5.92 Å². The number of H-pyrrole nitrogens is 1. The van der Waals surface area contributed by atoms with Crippen molar-refractivity contribution in [3.63, 3.8) is 0 Å². The Labute approximate surface area is 77.3 Å². The van der Waals surface area contributed by atoms with Gasteiger partial charge in [-0.3, -0.25) is 4.79 Å². The molecule has 68 valence electrons. The van der Waals surface area contributed by atoms with Gasteiger partial charge in [0, 0.05) is 29.9 Å². The first-order valence-electron chi connectivity index (χ1n) is 4.61. The largest absolute Gasteiger partial charge is 0.364 e. The molecule has 0 aromatic carbocycles. The van der Waals surface area contributed by atoms with Gasteiger partial charge in [0.1, 0.15) is 0 Å². The fraction of sp³-hybridized carbons (Fsp3) is 0.364. The lowest BCUT2D eigenvalue weighted by Gasteiger charge is -2.07. The molecule has 0 atom stereocenters. The molecular weight excluding hydrogens is 162 g/mol. The van der Waals surface area contributed by atoms with Crippen LogP contribution in [0.25, 0.3) is 5.57 Å². The summed E-state index contributed by atoms with van der Waals surface area (Å²) in [6, 6.07) is 1.60. The maximum absolute atomic E-state index is 11.6.